The van der Waals surface area contributed by atoms with E-state index in [1.807, 2.05) is 12.1 Å². The Hall–Kier alpha value is -3.03. The van der Waals surface area contributed by atoms with E-state index in [4.69, 9.17) is 9.26 Å². The first-order valence-electron chi connectivity index (χ1n) is 9.15. The Bertz CT molecular complexity index is 840. The second kappa shape index (κ2) is 7.30. The van der Waals surface area contributed by atoms with Crippen LogP contribution in [-0.2, 0) is 4.79 Å². The summed E-state index contributed by atoms with van der Waals surface area (Å²) in [5.41, 5.74) is 1.11. The van der Waals surface area contributed by atoms with E-state index in [0.29, 0.717) is 35.9 Å². The Labute approximate surface area is 156 Å². The molecule has 2 aromatic rings. The smallest absolute Gasteiger partial charge is 0.259 e. The van der Waals surface area contributed by atoms with Gasteiger partial charge >= 0.3 is 0 Å². The second-order valence-corrected chi connectivity index (χ2v) is 6.74. The van der Waals surface area contributed by atoms with Gasteiger partial charge in [0, 0.05) is 25.2 Å². The highest BCUT2D eigenvalue weighted by molar-refractivity contribution is 6.06. The minimum absolute atomic E-state index is 0.159. The maximum absolute atomic E-state index is 13.1. The molecule has 2 N–H and O–H groups in total. The average Bonchev–Trinajstić information content (AvgIpc) is 3.42. The van der Waals surface area contributed by atoms with Gasteiger partial charge in [-0.25, -0.2) is 0 Å². The predicted molar refractivity (Wildman–Crippen MR) is 98.8 cm³/mol. The number of methoxy groups -OCH3 is 1. The van der Waals surface area contributed by atoms with E-state index in [9.17, 15) is 9.59 Å². The molecule has 1 aromatic carbocycles. The fourth-order valence-electron chi connectivity index (χ4n) is 3.53. The van der Waals surface area contributed by atoms with Crippen molar-refractivity contribution in [2.24, 2.45) is 0 Å². The Morgan fingerprint density at radius 2 is 2.04 bits per heavy atom. The number of anilines is 1. The summed E-state index contributed by atoms with van der Waals surface area (Å²) in [6, 6.07) is 6.74. The fraction of sp³-hybridized carbons (Fsp3) is 0.421. The van der Waals surface area contributed by atoms with Crippen molar-refractivity contribution in [1.29, 1.82) is 0 Å². The second-order valence-electron chi connectivity index (χ2n) is 6.74. The van der Waals surface area contributed by atoms with Crippen molar-refractivity contribution in [1.82, 2.24) is 15.8 Å². The van der Waals surface area contributed by atoms with Crippen LogP contribution in [0.2, 0.25) is 0 Å². The van der Waals surface area contributed by atoms with Crippen LogP contribution in [0.3, 0.4) is 0 Å². The molecule has 4 rings (SSSR count). The van der Waals surface area contributed by atoms with Crippen molar-refractivity contribution in [3.05, 3.63) is 29.8 Å². The van der Waals surface area contributed by atoms with Crippen LogP contribution in [0.4, 0.5) is 5.82 Å². The van der Waals surface area contributed by atoms with Crippen molar-refractivity contribution in [3.63, 3.8) is 0 Å². The van der Waals surface area contributed by atoms with E-state index in [-0.39, 0.29) is 11.8 Å². The lowest BCUT2D eigenvalue weighted by Crippen LogP contribution is -2.40. The molecule has 0 saturated carbocycles. The molecule has 142 valence electrons. The molecule has 0 spiro atoms. The van der Waals surface area contributed by atoms with Crippen LogP contribution >= 0.6 is 0 Å². The van der Waals surface area contributed by atoms with Crippen LogP contribution in [0.15, 0.2) is 28.8 Å². The Morgan fingerprint density at radius 3 is 2.67 bits per heavy atom. The van der Waals surface area contributed by atoms with Crippen LogP contribution < -0.4 is 20.3 Å². The van der Waals surface area contributed by atoms with E-state index in [0.717, 1.165) is 31.5 Å². The SMILES string of the molecule is COc1ccc(-c2onc(N3CCCC3)c2C(=O)NC2CCNC2=O)cc1. The number of nitrogens with zero attached hydrogens (tertiary/aromatic N) is 2. The molecule has 0 bridgehead atoms. The molecule has 0 aliphatic carbocycles. The first-order chi connectivity index (χ1) is 13.2. The van der Waals surface area contributed by atoms with Gasteiger partial charge in [-0.3, -0.25) is 9.59 Å². The number of ether oxygens (including phenoxy) is 1. The number of benzene rings is 1. The first-order valence-corrected chi connectivity index (χ1v) is 9.15. The Kier molecular flexibility index (Phi) is 4.70. The van der Waals surface area contributed by atoms with Crippen molar-refractivity contribution in [2.75, 3.05) is 31.6 Å². The van der Waals surface area contributed by atoms with Crippen LogP contribution in [-0.4, -0.2) is 49.8 Å². The molecule has 8 heteroatoms. The monoisotopic (exact) mass is 370 g/mol. The average molecular weight is 370 g/mol. The molecule has 1 unspecified atom stereocenters. The van der Waals surface area contributed by atoms with Gasteiger partial charge in [-0.15, -0.1) is 0 Å². The number of amides is 2. The standard InChI is InChI=1S/C19H22N4O4/c1-26-13-6-4-12(5-7-13)16-15(17(22-27-16)23-10-2-3-11-23)19(25)21-14-8-9-20-18(14)24/h4-7,14H,2-3,8-11H2,1H3,(H,20,24)(H,21,25). The summed E-state index contributed by atoms with van der Waals surface area (Å²) in [5, 5.41) is 9.75. The van der Waals surface area contributed by atoms with E-state index < -0.39 is 6.04 Å². The highest BCUT2D eigenvalue weighted by Gasteiger charge is 2.32. The lowest BCUT2D eigenvalue weighted by Gasteiger charge is -2.16. The molecule has 1 aromatic heterocycles. The molecule has 8 nitrogen and oxygen atoms in total. The van der Waals surface area contributed by atoms with Gasteiger partial charge in [-0.1, -0.05) is 5.16 Å². The van der Waals surface area contributed by atoms with Crippen molar-refractivity contribution in [2.45, 2.75) is 25.3 Å². The van der Waals surface area contributed by atoms with Crippen molar-refractivity contribution >= 4 is 17.6 Å². The van der Waals surface area contributed by atoms with E-state index in [2.05, 4.69) is 20.7 Å². The van der Waals surface area contributed by atoms with Gasteiger partial charge in [-0.2, -0.15) is 0 Å². The molecule has 2 fully saturated rings. The molecule has 2 saturated heterocycles. The molecule has 3 heterocycles. The summed E-state index contributed by atoms with van der Waals surface area (Å²) >= 11 is 0. The third-order valence-corrected chi connectivity index (χ3v) is 5.01. The zero-order chi connectivity index (χ0) is 18.8. The summed E-state index contributed by atoms with van der Waals surface area (Å²) in [7, 11) is 1.60. The maximum Gasteiger partial charge on any atom is 0.259 e. The van der Waals surface area contributed by atoms with Crippen LogP contribution in [0.5, 0.6) is 5.75 Å². The maximum atomic E-state index is 13.1. The molecule has 0 radical (unpaired) electrons. The van der Waals surface area contributed by atoms with Gasteiger partial charge in [0.2, 0.25) is 5.91 Å². The number of hydrogen-bond acceptors (Lipinski definition) is 6. The van der Waals surface area contributed by atoms with Gasteiger partial charge < -0.3 is 24.8 Å². The van der Waals surface area contributed by atoms with Gasteiger partial charge in [0.05, 0.1) is 7.11 Å². The van der Waals surface area contributed by atoms with Gasteiger partial charge in [0.1, 0.15) is 17.4 Å². The summed E-state index contributed by atoms with van der Waals surface area (Å²) in [6.45, 7) is 2.23. The fourth-order valence-corrected chi connectivity index (χ4v) is 3.53. The number of hydrogen-bond donors (Lipinski definition) is 2. The number of carbonyl (C=O) groups excluding carboxylic acids is 2. The topological polar surface area (TPSA) is 96.7 Å². The summed E-state index contributed by atoms with van der Waals surface area (Å²) in [6.07, 6.45) is 2.68. The third kappa shape index (κ3) is 3.34. The Morgan fingerprint density at radius 1 is 1.30 bits per heavy atom. The van der Waals surface area contributed by atoms with Gasteiger partial charge in [0.25, 0.3) is 5.91 Å². The number of aromatic nitrogens is 1. The minimum Gasteiger partial charge on any atom is -0.497 e. The van der Waals surface area contributed by atoms with Crippen molar-refractivity contribution < 1.29 is 18.8 Å². The highest BCUT2D eigenvalue weighted by atomic mass is 16.5. The lowest BCUT2D eigenvalue weighted by atomic mass is 10.1. The predicted octanol–water partition coefficient (Wildman–Crippen LogP) is 1.57. The van der Waals surface area contributed by atoms with Crippen LogP contribution in [0.1, 0.15) is 29.6 Å². The molecular weight excluding hydrogens is 348 g/mol. The zero-order valence-electron chi connectivity index (χ0n) is 15.2. The molecule has 1 atom stereocenters. The molecular formula is C19H22N4O4. The quantitative estimate of drug-likeness (QED) is 0.829. The van der Waals surface area contributed by atoms with Crippen LogP contribution in [0.25, 0.3) is 11.3 Å². The summed E-state index contributed by atoms with van der Waals surface area (Å²) < 4.78 is 10.8. The number of carbonyl (C=O) groups is 2. The number of rotatable bonds is 5. The molecule has 27 heavy (non-hydrogen) atoms. The van der Waals surface area contributed by atoms with Gasteiger partial charge in [0.15, 0.2) is 11.6 Å². The van der Waals surface area contributed by atoms with E-state index in [1.165, 1.54) is 0 Å². The third-order valence-electron chi connectivity index (χ3n) is 5.01. The van der Waals surface area contributed by atoms with E-state index >= 15 is 0 Å². The zero-order valence-corrected chi connectivity index (χ0v) is 15.2. The lowest BCUT2D eigenvalue weighted by molar-refractivity contribution is -0.120. The Balaban J connectivity index is 1.69. The van der Waals surface area contributed by atoms with Gasteiger partial charge in [-0.05, 0) is 43.5 Å². The van der Waals surface area contributed by atoms with Crippen LogP contribution in [0, 0.1) is 0 Å². The number of nitrogens with one attached hydrogen (secondary N) is 2. The molecule has 2 aliphatic heterocycles. The minimum atomic E-state index is -0.525. The molecule has 2 aliphatic rings. The molecule has 2 amide bonds. The van der Waals surface area contributed by atoms with Crippen molar-refractivity contribution in [3.8, 4) is 17.1 Å². The summed E-state index contributed by atoms with van der Waals surface area (Å²) in [5.74, 6) is 1.15. The first kappa shape index (κ1) is 17.4. The highest BCUT2D eigenvalue weighted by Crippen LogP contribution is 2.33. The normalized spacial score (nSPS) is 19.2. The largest absolute Gasteiger partial charge is 0.497 e. The van der Waals surface area contributed by atoms with E-state index in [1.54, 1.807) is 19.2 Å². The summed E-state index contributed by atoms with van der Waals surface area (Å²) in [4.78, 5) is 27.0.